The standard InChI is InChI=1S/C18H20N2S.C5H11NO/c1-12(2)20-21-17-6-4-5-14(11-17)15-7-8-18-16(10-15)9-13(3)19-18;7-4-5-2-1-3-6-5/h4-12,19-20H,1-3H3;5-7H,1-4H2. The van der Waals surface area contributed by atoms with Gasteiger partial charge in [0.25, 0.3) is 0 Å². The van der Waals surface area contributed by atoms with Crippen molar-refractivity contribution in [3.8, 4) is 11.1 Å². The smallest absolute Gasteiger partial charge is 0.0584 e. The Bertz CT molecular complexity index is 884. The lowest BCUT2D eigenvalue weighted by atomic mass is 10.0. The molecule has 1 saturated heterocycles. The molecule has 3 aromatic rings. The van der Waals surface area contributed by atoms with Gasteiger partial charge in [0.1, 0.15) is 0 Å². The van der Waals surface area contributed by atoms with Crippen LogP contribution in [0, 0.1) is 6.92 Å². The Morgan fingerprint density at radius 3 is 2.64 bits per heavy atom. The van der Waals surface area contributed by atoms with Crippen LogP contribution in [0.4, 0.5) is 0 Å². The Kier molecular flexibility index (Phi) is 7.57. The Morgan fingerprint density at radius 2 is 1.96 bits per heavy atom. The second kappa shape index (κ2) is 10.1. The number of rotatable bonds is 5. The molecule has 1 aliphatic rings. The summed E-state index contributed by atoms with van der Waals surface area (Å²) in [5, 5.41) is 12.9. The summed E-state index contributed by atoms with van der Waals surface area (Å²) in [7, 11) is 0. The van der Waals surface area contributed by atoms with Crippen molar-refractivity contribution in [2.45, 2.75) is 50.6 Å². The summed E-state index contributed by atoms with van der Waals surface area (Å²) in [4.78, 5) is 4.61. The van der Waals surface area contributed by atoms with Gasteiger partial charge in [-0.2, -0.15) is 0 Å². The van der Waals surface area contributed by atoms with Gasteiger partial charge < -0.3 is 15.4 Å². The van der Waals surface area contributed by atoms with Gasteiger partial charge in [-0.25, -0.2) is 0 Å². The van der Waals surface area contributed by atoms with Crippen LogP contribution in [-0.2, 0) is 0 Å². The number of hydrogen-bond acceptors (Lipinski definition) is 4. The fourth-order valence-corrected chi connectivity index (χ4v) is 4.00. The number of aliphatic hydroxyl groups is 1. The van der Waals surface area contributed by atoms with E-state index in [4.69, 9.17) is 5.11 Å². The molecule has 0 amide bonds. The number of fused-ring (bicyclic) bond motifs is 1. The molecule has 4 rings (SSSR count). The highest BCUT2D eigenvalue weighted by atomic mass is 32.2. The zero-order valence-electron chi connectivity index (χ0n) is 17.0. The van der Waals surface area contributed by atoms with E-state index in [0.29, 0.717) is 18.7 Å². The van der Waals surface area contributed by atoms with Crippen LogP contribution in [0.2, 0.25) is 0 Å². The molecule has 1 aromatic heterocycles. The van der Waals surface area contributed by atoms with E-state index in [2.05, 4.69) is 84.3 Å². The highest BCUT2D eigenvalue weighted by Gasteiger charge is 2.10. The van der Waals surface area contributed by atoms with E-state index >= 15 is 0 Å². The first-order valence-corrected chi connectivity index (χ1v) is 10.8. The summed E-state index contributed by atoms with van der Waals surface area (Å²) >= 11 is 1.69. The number of aliphatic hydroxyl groups excluding tert-OH is 1. The number of aromatic amines is 1. The molecule has 1 atom stereocenters. The van der Waals surface area contributed by atoms with E-state index in [1.165, 1.54) is 39.0 Å². The van der Waals surface area contributed by atoms with Gasteiger partial charge in [0.15, 0.2) is 0 Å². The Morgan fingerprint density at radius 1 is 1.14 bits per heavy atom. The topological polar surface area (TPSA) is 60.1 Å². The first-order valence-electron chi connectivity index (χ1n) is 10.0. The van der Waals surface area contributed by atoms with E-state index in [9.17, 15) is 0 Å². The normalized spacial score (nSPS) is 16.4. The van der Waals surface area contributed by atoms with Crippen molar-refractivity contribution in [2.24, 2.45) is 0 Å². The third-order valence-electron chi connectivity index (χ3n) is 4.72. The zero-order valence-corrected chi connectivity index (χ0v) is 17.8. The summed E-state index contributed by atoms with van der Waals surface area (Å²) < 4.78 is 3.39. The minimum absolute atomic E-state index is 0.306. The van der Waals surface area contributed by atoms with Crippen molar-refractivity contribution in [2.75, 3.05) is 13.2 Å². The molecule has 5 heteroatoms. The first kappa shape index (κ1) is 20.9. The van der Waals surface area contributed by atoms with E-state index in [1.807, 2.05) is 0 Å². The highest BCUT2D eigenvalue weighted by Crippen LogP contribution is 2.27. The van der Waals surface area contributed by atoms with Crippen molar-refractivity contribution >= 4 is 22.9 Å². The molecule has 0 radical (unpaired) electrons. The maximum Gasteiger partial charge on any atom is 0.0584 e. The van der Waals surface area contributed by atoms with Crippen molar-refractivity contribution in [3.63, 3.8) is 0 Å². The summed E-state index contributed by atoms with van der Waals surface area (Å²) in [6.45, 7) is 7.79. The molecular weight excluding hydrogens is 366 g/mol. The molecule has 150 valence electrons. The van der Waals surface area contributed by atoms with Gasteiger partial charge in [0.05, 0.1) is 6.61 Å². The van der Waals surface area contributed by atoms with Crippen molar-refractivity contribution in [1.82, 2.24) is 15.0 Å². The van der Waals surface area contributed by atoms with Gasteiger partial charge in [0.2, 0.25) is 0 Å². The summed E-state index contributed by atoms with van der Waals surface area (Å²) in [5.41, 5.74) is 4.91. The first-order chi connectivity index (χ1) is 13.5. The minimum atomic E-state index is 0.306. The molecule has 28 heavy (non-hydrogen) atoms. The summed E-state index contributed by atoms with van der Waals surface area (Å²) in [6.07, 6.45) is 2.38. The number of hydrogen-bond donors (Lipinski definition) is 4. The monoisotopic (exact) mass is 397 g/mol. The highest BCUT2D eigenvalue weighted by molar-refractivity contribution is 7.97. The predicted octanol–water partition coefficient (Wildman–Crippen LogP) is 4.88. The second-order valence-electron chi connectivity index (χ2n) is 7.63. The average molecular weight is 398 g/mol. The maximum atomic E-state index is 8.50. The third kappa shape index (κ3) is 5.85. The van der Waals surface area contributed by atoms with Crippen LogP contribution in [0.15, 0.2) is 53.4 Å². The van der Waals surface area contributed by atoms with Crippen molar-refractivity contribution < 1.29 is 5.11 Å². The molecule has 1 unspecified atom stereocenters. The molecule has 0 aliphatic carbocycles. The van der Waals surface area contributed by atoms with Crippen LogP contribution < -0.4 is 10.0 Å². The van der Waals surface area contributed by atoms with E-state index in [0.717, 1.165) is 13.0 Å². The third-order valence-corrected chi connectivity index (χ3v) is 5.80. The molecule has 2 aromatic carbocycles. The van der Waals surface area contributed by atoms with E-state index in [1.54, 1.807) is 11.9 Å². The minimum Gasteiger partial charge on any atom is -0.395 e. The van der Waals surface area contributed by atoms with Crippen LogP contribution in [0.3, 0.4) is 0 Å². The fraction of sp³-hybridized carbons (Fsp3) is 0.391. The Labute approximate surface area is 172 Å². The van der Waals surface area contributed by atoms with Crippen LogP contribution >= 0.6 is 11.9 Å². The van der Waals surface area contributed by atoms with Gasteiger partial charge in [0, 0.05) is 33.6 Å². The van der Waals surface area contributed by atoms with Gasteiger partial charge in [-0.05, 0) is 93.6 Å². The lowest BCUT2D eigenvalue weighted by Gasteiger charge is -2.09. The van der Waals surface area contributed by atoms with Crippen molar-refractivity contribution in [3.05, 3.63) is 54.2 Å². The zero-order chi connectivity index (χ0) is 19.9. The molecule has 0 spiro atoms. The maximum absolute atomic E-state index is 8.50. The van der Waals surface area contributed by atoms with Crippen LogP contribution in [0.25, 0.3) is 22.0 Å². The van der Waals surface area contributed by atoms with E-state index in [-0.39, 0.29) is 0 Å². The molecule has 0 bridgehead atoms. The average Bonchev–Trinajstić information content (AvgIpc) is 3.35. The van der Waals surface area contributed by atoms with Gasteiger partial charge >= 0.3 is 0 Å². The fourth-order valence-electron chi connectivity index (χ4n) is 3.29. The second-order valence-corrected chi connectivity index (χ2v) is 8.54. The van der Waals surface area contributed by atoms with E-state index < -0.39 is 0 Å². The lowest BCUT2D eigenvalue weighted by Crippen LogP contribution is -2.24. The van der Waals surface area contributed by atoms with Gasteiger partial charge in [-0.15, -0.1) is 0 Å². The quantitative estimate of drug-likeness (QED) is 0.464. The van der Waals surface area contributed by atoms with Crippen LogP contribution in [0.1, 0.15) is 32.4 Å². The number of H-pyrrole nitrogens is 1. The largest absolute Gasteiger partial charge is 0.395 e. The van der Waals surface area contributed by atoms with Crippen molar-refractivity contribution in [1.29, 1.82) is 0 Å². The van der Waals surface area contributed by atoms with Gasteiger partial charge in [-0.3, -0.25) is 4.72 Å². The molecule has 2 heterocycles. The Hall–Kier alpha value is -1.79. The number of aromatic nitrogens is 1. The SMILES string of the molecule is Cc1cc2cc(-c3cccc(SNC(C)C)c3)ccc2[nH]1.OCC1CCCN1. The molecule has 4 N–H and O–H groups in total. The Balaban J connectivity index is 0.000000271. The number of aryl methyl sites for hydroxylation is 1. The molecule has 1 aliphatic heterocycles. The summed E-state index contributed by atoms with van der Waals surface area (Å²) in [5.74, 6) is 0. The molecule has 0 saturated carbocycles. The lowest BCUT2D eigenvalue weighted by molar-refractivity contribution is 0.255. The predicted molar refractivity (Wildman–Crippen MR) is 121 cm³/mol. The summed E-state index contributed by atoms with van der Waals surface area (Å²) in [6, 6.07) is 18.3. The molecule has 1 fully saturated rings. The molecular formula is C23H31N3OS. The van der Waals surface area contributed by atoms with Crippen LogP contribution in [-0.4, -0.2) is 35.3 Å². The molecule has 4 nitrogen and oxygen atoms in total. The van der Waals surface area contributed by atoms with Crippen LogP contribution in [0.5, 0.6) is 0 Å². The number of benzene rings is 2. The number of nitrogens with one attached hydrogen (secondary N) is 3. The van der Waals surface area contributed by atoms with Gasteiger partial charge in [-0.1, -0.05) is 18.2 Å².